The van der Waals surface area contributed by atoms with E-state index in [0.717, 1.165) is 112 Å². The number of ether oxygens (including phenoxy) is 14. The Hall–Kier alpha value is -5.45. The van der Waals surface area contributed by atoms with Crippen LogP contribution in [0.3, 0.4) is 0 Å². The molecule has 4 saturated heterocycles. The van der Waals surface area contributed by atoms with Gasteiger partial charge in [0.25, 0.3) is 0 Å². The molecule has 1 amide bonds. The second kappa shape index (κ2) is 36.2. The average molecular weight is 1550 g/mol. The molecule has 12 unspecified atom stereocenters. The van der Waals surface area contributed by atoms with Crippen molar-refractivity contribution >= 4 is 17.8 Å². The Balaban J connectivity index is 0.767. The quantitative estimate of drug-likeness (QED) is 0.0275. The number of hydrogen-bond acceptors (Lipinski definition) is 17. The molecular formula is C94H133NO17. The largest absolute Gasteiger partial charge is 0.461 e. The molecular weight excluding hydrogens is 1420 g/mol. The number of rotatable bonds is 32. The van der Waals surface area contributed by atoms with Crippen molar-refractivity contribution in [2.45, 2.75) is 323 Å². The number of methoxy groups -OCH3 is 2. The number of benzene rings is 4. The Morgan fingerprint density at radius 2 is 1.15 bits per heavy atom. The smallest absolute Gasteiger partial charge is 0.317 e. The lowest BCUT2D eigenvalue weighted by atomic mass is 9.33. The van der Waals surface area contributed by atoms with Gasteiger partial charge in [-0.05, 0) is 166 Å². The van der Waals surface area contributed by atoms with Gasteiger partial charge in [0.2, 0.25) is 12.2 Å². The number of unbranched alkanes of at least 4 members (excludes halogenated alkanes) is 7. The second-order valence-electron chi connectivity index (χ2n) is 37.0. The van der Waals surface area contributed by atoms with Gasteiger partial charge >= 0.3 is 11.9 Å². The molecule has 4 aromatic carbocycles. The third kappa shape index (κ3) is 18.0. The van der Waals surface area contributed by atoms with Crippen molar-refractivity contribution in [2.75, 3.05) is 27.4 Å². The van der Waals surface area contributed by atoms with Gasteiger partial charge in [-0.3, -0.25) is 14.4 Å². The number of allylic oxidation sites excluding steroid dienone is 2. The van der Waals surface area contributed by atoms with Gasteiger partial charge in [0, 0.05) is 38.9 Å². The normalized spacial score (nSPS) is 37.8. The Morgan fingerprint density at radius 1 is 0.562 bits per heavy atom. The van der Waals surface area contributed by atoms with Crippen LogP contribution < -0.4 is 5.32 Å². The fourth-order valence-corrected chi connectivity index (χ4v) is 22.2. The van der Waals surface area contributed by atoms with Crippen LogP contribution in [0.4, 0.5) is 0 Å². The average Bonchev–Trinajstić information content (AvgIpc) is 0.757. The van der Waals surface area contributed by atoms with Crippen molar-refractivity contribution in [3.05, 3.63) is 155 Å². The van der Waals surface area contributed by atoms with E-state index in [1.54, 1.807) is 7.11 Å². The number of hydrogen-bond donors (Lipinski definition) is 1. The first-order chi connectivity index (χ1) is 53.7. The Morgan fingerprint density at radius 3 is 1.79 bits per heavy atom. The predicted molar refractivity (Wildman–Crippen MR) is 427 cm³/mol. The van der Waals surface area contributed by atoms with E-state index in [4.69, 9.17) is 66.3 Å². The standard InChI is InChI=1S/C94H133NO17/c1-61-47-49-90(9)73-46-45-69-70-53-88(5,6)51-52-94(70,75(99-13)54-92(69,11)91(73,10)50-48-74(90)93(61,12)100-14)87(98)110-85-80(62(2)78(71(107-85)59-101-55-65-35-25-21-26-36-65)95-76(96)43-33-19-17-15-16-18-20-34-44-77(97)103-57-67-39-29-23-30-40-67)108-86-83-82(111-89(7,8)112-83)81(64(4)106-86)109-84-63(3)79(104-58-68-41-31-24-32-42-68)72(60-105-84)102-56-66-37-27-22-28-38-66/h21-32,35-42,45,61-64,70-75,78-86H,15-20,33-34,43-44,46-60H2,1-14H3,(H,95,96)/t61-,62?,63?,64?,70?,71?,72+,73?,74+,75?,78+,79?,80?,81-,82?,83?,84-,85-,86-,90?,91-,92+,93-,94+/m0/s1. The summed E-state index contributed by atoms with van der Waals surface area (Å²) in [5.41, 5.74) is 3.71. The lowest BCUT2D eigenvalue weighted by Gasteiger charge is -2.72. The van der Waals surface area contributed by atoms with Crippen LogP contribution in [0, 0.1) is 62.6 Å². The summed E-state index contributed by atoms with van der Waals surface area (Å²) in [5, 5.41) is 3.46. The number of fused-ring (bicyclic) bond motifs is 8. The van der Waals surface area contributed by atoms with Gasteiger partial charge in [-0.25, -0.2) is 0 Å². The minimum atomic E-state index is -1.32. The van der Waals surface area contributed by atoms with E-state index in [9.17, 15) is 9.59 Å². The van der Waals surface area contributed by atoms with Crippen LogP contribution >= 0.6 is 0 Å². The van der Waals surface area contributed by atoms with Gasteiger partial charge in [0.15, 0.2) is 18.4 Å². The molecule has 0 radical (unpaired) electrons. The topological polar surface area (TPSA) is 192 Å². The number of esters is 2. The summed E-state index contributed by atoms with van der Waals surface area (Å²) in [6.45, 7) is 28.7. The number of carbonyl (C=O) groups excluding carboxylic acids is 3. The molecule has 13 rings (SSSR count). The van der Waals surface area contributed by atoms with Crippen molar-refractivity contribution in [2.24, 2.45) is 62.6 Å². The minimum Gasteiger partial charge on any atom is -0.461 e. The molecule has 4 aromatic rings. The van der Waals surface area contributed by atoms with Gasteiger partial charge < -0.3 is 71.6 Å². The summed E-state index contributed by atoms with van der Waals surface area (Å²) < 4.78 is 96.3. The molecule has 616 valence electrons. The SMILES string of the molecule is COC1C[C@]2(C)C(=CCC3C4(C)CC[C@H](C)[C@](C)(OC)[C@@H]4CC[C@@]32C)C2CC(C)(C)CC[C@]12C(=O)O[C@@H]1OC(COCc2ccccc2)[C@H](NC(=O)CCCCCCCCCCC(=O)OCc2ccccc2)C(C)C1O[C@@H]1OC(C)[C@H](O[C@@H]2OC[C@@H](OCc3ccccc3)C(OCc3ccccc3)C2C)C2OC(C)(C)OC21. The molecule has 4 saturated carbocycles. The van der Waals surface area contributed by atoms with Gasteiger partial charge in [-0.15, -0.1) is 0 Å². The molecule has 0 aromatic heterocycles. The van der Waals surface area contributed by atoms with E-state index in [2.05, 4.69) is 91.0 Å². The van der Waals surface area contributed by atoms with Crippen LogP contribution in [0.1, 0.15) is 227 Å². The monoisotopic (exact) mass is 1550 g/mol. The molecule has 0 spiro atoms. The van der Waals surface area contributed by atoms with Crippen molar-refractivity contribution in [3.63, 3.8) is 0 Å². The number of nitrogens with one attached hydrogen (secondary N) is 1. The van der Waals surface area contributed by atoms with Crippen molar-refractivity contribution in [1.82, 2.24) is 5.32 Å². The minimum absolute atomic E-state index is 0.0535. The lowest BCUT2D eigenvalue weighted by molar-refractivity contribution is -0.354. The zero-order valence-corrected chi connectivity index (χ0v) is 69.7. The summed E-state index contributed by atoms with van der Waals surface area (Å²) in [7, 11) is 3.73. The van der Waals surface area contributed by atoms with E-state index in [1.165, 1.54) is 5.57 Å². The van der Waals surface area contributed by atoms with E-state index < -0.39 is 97.0 Å². The van der Waals surface area contributed by atoms with Crippen LogP contribution in [0.15, 0.2) is 133 Å². The fourth-order valence-electron chi connectivity index (χ4n) is 22.2. The zero-order valence-electron chi connectivity index (χ0n) is 69.7. The Labute approximate surface area is 668 Å². The molecule has 18 heteroatoms. The summed E-state index contributed by atoms with van der Waals surface area (Å²) in [5.74, 6) is -1.56. The highest BCUT2D eigenvalue weighted by molar-refractivity contribution is 5.80. The molecule has 4 heterocycles. The van der Waals surface area contributed by atoms with Gasteiger partial charge in [0.1, 0.15) is 48.6 Å². The summed E-state index contributed by atoms with van der Waals surface area (Å²) in [6.07, 6.45) is 9.63. The molecule has 1 N–H and O–H groups in total. The Bertz CT molecular complexity index is 3730. The van der Waals surface area contributed by atoms with Crippen LogP contribution in [0.5, 0.6) is 0 Å². The molecule has 24 atom stereocenters. The lowest BCUT2D eigenvalue weighted by Crippen LogP contribution is -2.69. The number of carbonyl (C=O) groups is 3. The summed E-state index contributed by atoms with van der Waals surface area (Å²) in [6, 6.07) is 39.4. The van der Waals surface area contributed by atoms with E-state index in [1.807, 2.05) is 132 Å². The van der Waals surface area contributed by atoms with Crippen LogP contribution in [0.2, 0.25) is 0 Å². The van der Waals surface area contributed by atoms with Gasteiger partial charge in [-0.1, -0.05) is 227 Å². The molecule has 18 nitrogen and oxygen atoms in total. The van der Waals surface area contributed by atoms with Crippen LogP contribution in [-0.2, 0) is 107 Å². The van der Waals surface area contributed by atoms with Gasteiger partial charge in [0.05, 0.1) is 63.0 Å². The molecule has 0 bridgehead atoms. The summed E-state index contributed by atoms with van der Waals surface area (Å²) >= 11 is 0. The zero-order chi connectivity index (χ0) is 79.2. The molecule has 5 aliphatic carbocycles. The molecule has 8 fully saturated rings. The highest BCUT2D eigenvalue weighted by Crippen LogP contribution is 2.76. The Kier molecular flexibility index (Phi) is 27.3. The van der Waals surface area contributed by atoms with Crippen LogP contribution in [0.25, 0.3) is 0 Å². The van der Waals surface area contributed by atoms with E-state index >= 15 is 4.79 Å². The predicted octanol–water partition coefficient (Wildman–Crippen LogP) is 17.9. The summed E-state index contributed by atoms with van der Waals surface area (Å²) in [4.78, 5) is 44.1. The van der Waals surface area contributed by atoms with E-state index in [0.29, 0.717) is 69.7 Å². The highest BCUT2D eigenvalue weighted by Gasteiger charge is 2.73. The number of amides is 1. The maximum absolute atomic E-state index is 16.9. The maximum Gasteiger partial charge on any atom is 0.317 e. The molecule has 112 heavy (non-hydrogen) atoms. The molecule has 4 aliphatic heterocycles. The van der Waals surface area contributed by atoms with Crippen molar-refractivity contribution < 1.29 is 80.7 Å². The maximum atomic E-state index is 16.9. The van der Waals surface area contributed by atoms with Gasteiger partial charge in [-0.2, -0.15) is 0 Å². The fraction of sp³-hybridized carbons (Fsp3) is 0.691. The van der Waals surface area contributed by atoms with Crippen LogP contribution in [-0.4, -0.2) is 137 Å². The first kappa shape index (κ1) is 84.5. The molecule has 9 aliphatic rings. The van der Waals surface area contributed by atoms with Crippen molar-refractivity contribution in [3.8, 4) is 0 Å². The first-order valence-corrected chi connectivity index (χ1v) is 42.7. The highest BCUT2D eigenvalue weighted by atomic mass is 16.8. The third-order valence-corrected chi connectivity index (χ3v) is 29.1. The van der Waals surface area contributed by atoms with E-state index in [-0.39, 0.29) is 76.8 Å². The first-order valence-electron chi connectivity index (χ1n) is 42.7. The van der Waals surface area contributed by atoms with Crippen molar-refractivity contribution in [1.29, 1.82) is 0 Å². The third-order valence-electron chi connectivity index (χ3n) is 29.1. The second-order valence-corrected chi connectivity index (χ2v) is 37.0.